The Hall–Kier alpha value is -2.50. The topological polar surface area (TPSA) is 73.6 Å². The third-order valence-corrected chi connectivity index (χ3v) is 6.85. The van der Waals surface area contributed by atoms with Gasteiger partial charge in [0.2, 0.25) is 5.88 Å². The molecule has 2 atom stereocenters. The first-order valence-electron chi connectivity index (χ1n) is 11.0. The Bertz CT molecular complexity index is 912. The zero-order chi connectivity index (χ0) is 21.4. The van der Waals surface area contributed by atoms with Crippen LogP contribution in [0.1, 0.15) is 55.3 Å². The summed E-state index contributed by atoms with van der Waals surface area (Å²) in [7, 11) is 1.94. The maximum absolute atomic E-state index is 11.5. The summed E-state index contributed by atoms with van der Waals surface area (Å²) in [5.74, 6) is 1.49. The van der Waals surface area contributed by atoms with Gasteiger partial charge in [0, 0.05) is 18.3 Å². The van der Waals surface area contributed by atoms with Gasteiger partial charge in [0.15, 0.2) is 0 Å². The van der Waals surface area contributed by atoms with Crippen molar-refractivity contribution in [1.82, 2.24) is 9.78 Å². The molecule has 0 amide bonds. The van der Waals surface area contributed by atoms with E-state index in [1.165, 1.54) is 0 Å². The Kier molecular flexibility index (Phi) is 5.76. The van der Waals surface area contributed by atoms with Crippen molar-refractivity contribution in [3.63, 3.8) is 0 Å². The summed E-state index contributed by atoms with van der Waals surface area (Å²) in [4.78, 5) is 11.5. The molecule has 2 fully saturated rings. The number of hydrogen-bond donors (Lipinski definition) is 1. The standard InChI is InChI=1S/C24H32N2O4/c1-14-16(3)26(4)25-23(14)30-21-10-17(11-21)13-29-20-7-5-6-19(12-20)22(18-8-9-18)15(2)24(27)28/h5-7,12,15,17-18,21-22H,8-11,13H2,1-4H3,(H,27,28)/t15-,17?,21?,22-/m0/s1. The Balaban J connectivity index is 1.29. The largest absolute Gasteiger partial charge is 0.493 e. The highest BCUT2D eigenvalue weighted by molar-refractivity contribution is 5.71. The zero-order valence-corrected chi connectivity index (χ0v) is 18.3. The molecule has 0 spiro atoms. The molecule has 2 aliphatic carbocycles. The molecule has 2 saturated carbocycles. The van der Waals surface area contributed by atoms with E-state index < -0.39 is 5.97 Å². The minimum absolute atomic E-state index is 0.0672. The van der Waals surface area contributed by atoms with Crippen molar-refractivity contribution in [3.05, 3.63) is 41.1 Å². The van der Waals surface area contributed by atoms with Crippen LogP contribution in [0.5, 0.6) is 11.6 Å². The minimum Gasteiger partial charge on any atom is -0.493 e. The fourth-order valence-corrected chi connectivity index (χ4v) is 4.46. The highest BCUT2D eigenvalue weighted by atomic mass is 16.5. The molecule has 1 aromatic heterocycles. The van der Waals surface area contributed by atoms with Gasteiger partial charge in [0.1, 0.15) is 11.9 Å². The molecule has 0 unspecified atom stereocenters. The number of carboxylic acid groups (broad SMARTS) is 1. The Labute approximate surface area is 178 Å². The highest BCUT2D eigenvalue weighted by Crippen LogP contribution is 2.47. The van der Waals surface area contributed by atoms with Crippen LogP contribution in [0.4, 0.5) is 0 Å². The molecule has 0 saturated heterocycles. The van der Waals surface area contributed by atoms with E-state index in [0.29, 0.717) is 18.4 Å². The van der Waals surface area contributed by atoms with Gasteiger partial charge in [-0.2, -0.15) is 0 Å². The summed E-state index contributed by atoms with van der Waals surface area (Å²) >= 11 is 0. The van der Waals surface area contributed by atoms with Gasteiger partial charge in [0.25, 0.3) is 0 Å². The number of rotatable bonds is 9. The average Bonchev–Trinajstić information content (AvgIpc) is 3.49. The quantitative estimate of drug-likeness (QED) is 0.657. The molecule has 0 aliphatic heterocycles. The molecule has 2 aromatic rings. The molecule has 162 valence electrons. The maximum Gasteiger partial charge on any atom is 0.306 e. The van der Waals surface area contributed by atoms with Crippen LogP contribution in [0.15, 0.2) is 24.3 Å². The lowest BCUT2D eigenvalue weighted by molar-refractivity contribution is -0.142. The van der Waals surface area contributed by atoms with Gasteiger partial charge in [-0.1, -0.05) is 19.1 Å². The van der Waals surface area contributed by atoms with E-state index >= 15 is 0 Å². The van der Waals surface area contributed by atoms with Crippen LogP contribution in [-0.4, -0.2) is 33.6 Å². The lowest BCUT2D eigenvalue weighted by atomic mass is 9.82. The molecule has 0 bridgehead atoms. The van der Waals surface area contributed by atoms with Crippen molar-refractivity contribution in [1.29, 1.82) is 0 Å². The molecule has 1 N–H and O–H groups in total. The van der Waals surface area contributed by atoms with Crippen LogP contribution in [-0.2, 0) is 11.8 Å². The van der Waals surface area contributed by atoms with Crippen LogP contribution >= 0.6 is 0 Å². The summed E-state index contributed by atoms with van der Waals surface area (Å²) in [6.45, 7) is 6.57. The minimum atomic E-state index is -0.725. The molecule has 30 heavy (non-hydrogen) atoms. The first-order valence-corrected chi connectivity index (χ1v) is 11.0. The third-order valence-electron chi connectivity index (χ3n) is 6.85. The maximum atomic E-state index is 11.5. The number of ether oxygens (including phenoxy) is 2. The number of hydrogen-bond acceptors (Lipinski definition) is 4. The predicted octanol–water partition coefficient (Wildman–Crippen LogP) is 4.49. The number of nitrogens with zero attached hydrogens (tertiary/aromatic N) is 2. The van der Waals surface area contributed by atoms with Crippen molar-refractivity contribution >= 4 is 5.97 Å². The number of aliphatic carboxylic acids is 1. The molecule has 2 aliphatic rings. The second kappa shape index (κ2) is 8.32. The molecule has 6 nitrogen and oxygen atoms in total. The molecule has 1 heterocycles. The monoisotopic (exact) mass is 412 g/mol. The van der Waals surface area contributed by atoms with Crippen molar-refractivity contribution in [2.45, 2.75) is 58.5 Å². The van der Waals surface area contributed by atoms with Gasteiger partial charge in [-0.05, 0) is 75.0 Å². The lowest BCUT2D eigenvalue weighted by Crippen LogP contribution is -2.37. The zero-order valence-electron chi connectivity index (χ0n) is 18.3. The van der Waals surface area contributed by atoms with Gasteiger partial charge in [-0.3, -0.25) is 9.48 Å². The van der Waals surface area contributed by atoms with Crippen LogP contribution in [0.3, 0.4) is 0 Å². The second-order valence-electron chi connectivity index (χ2n) is 9.09. The van der Waals surface area contributed by atoms with Crippen LogP contribution < -0.4 is 9.47 Å². The van der Waals surface area contributed by atoms with Gasteiger partial charge in [-0.25, -0.2) is 0 Å². The SMILES string of the molecule is Cc1c(OC2CC(COc3cccc([C@H](C4CC4)[C@H](C)C(=O)O)c3)C2)nn(C)c1C. The number of aryl methyl sites for hydroxylation is 1. The summed E-state index contributed by atoms with van der Waals surface area (Å²) in [6, 6.07) is 8.02. The van der Waals surface area contributed by atoms with Crippen molar-refractivity contribution in [2.75, 3.05) is 6.61 Å². The molecule has 0 radical (unpaired) electrons. The first kappa shape index (κ1) is 20.8. The highest BCUT2D eigenvalue weighted by Gasteiger charge is 2.39. The van der Waals surface area contributed by atoms with Gasteiger partial charge >= 0.3 is 5.97 Å². The smallest absolute Gasteiger partial charge is 0.306 e. The summed E-state index contributed by atoms with van der Waals surface area (Å²) in [5.41, 5.74) is 3.32. The lowest BCUT2D eigenvalue weighted by Gasteiger charge is -2.34. The van der Waals surface area contributed by atoms with Crippen molar-refractivity contribution in [3.8, 4) is 11.6 Å². The van der Waals surface area contributed by atoms with E-state index in [9.17, 15) is 9.90 Å². The first-order chi connectivity index (χ1) is 14.3. The second-order valence-corrected chi connectivity index (χ2v) is 9.09. The van der Waals surface area contributed by atoms with E-state index in [1.807, 2.05) is 56.8 Å². The molecular formula is C24H32N2O4. The normalized spacial score (nSPS) is 22.8. The van der Waals surface area contributed by atoms with E-state index in [0.717, 1.165) is 54.1 Å². The molecule has 6 heteroatoms. The van der Waals surface area contributed by atoms with Crippen LogP contribution in [0.2, 0.25) is 0 Å². The van der Waals surface area contributed by atoms with E-state index in [-0.39, 0.29) is 17.9 Å². The van der Waals surface area contributed by atoms with Gasteiger partial charge in [0.05, 0.1) is 12.5 Å². The van der Waals surface area contributed by atoms with E-state index in [4.69, 9.17) is 9.47 Å². The van der Waals surface area contributed by atoms with E-state index in [2.05, 4.69) is 5.10 Å². The molecule has 1 aromatic carbocycles. The summed E-state index contributed by atoms with van der Waals surface area (Å²) in [5, 5.41) is 13.9. The average molecular weight is 413 g/mol. The fourth-order valence-electron chi connectivity index (χ4n) is 4.46. The number of aromatic nitrogens is 2. The van der Waals surface area contributed by atoms with E-state index in [1.54, 1.807) is 0 Å². The van der Waals surface area contributed by atoms with Gasteiger partial charge in [-0.15, -0.1) is 5.10 Å². The summed E-state index contributed by atoms with van der Waals surface area (Å²) < 4.78 is 14.0. The van der Waals surface area contributed by atoms with Crippen LogP contribution in [0, 0.1) is 31.6 Å². The number of carboxylic acids is 1. The Morgan fingerprint density at radius 2 is 2.03 bits per heavy atom. The predicted molar refractivity (Wildman–Crippen MR) is 114 cm³/mol. The Morgan fingerprint density at radius 1 is 1.30 bits per heavy atom. The Morgan fingerprint density at radius 3 is 2.63 bits per heavy atom. The molecule has 4 rings (SSSR count). The summed E-state index contributed by atoms with van der Waals surface area (Å²) in [6.07, 6.45) is 4.37. The fraction of sp³-hybridized carbons (Fsp3) is 0.583. The van der Waals surface area contributed by atoms with Crippen molar-refractivity contribution < 1.29 is 19.4 Å². The van der Waals surface area contributed by atoms with Crippen LogP contribution in [0.25, 0.3) is 0 Å². The number of benzene rings is 1. The third kappa shape index (κ3) is 4.32. The molecular weight excluding hydrogens is 380 g/mol. The van der Waals surface area contributed by atoms with Crippen molar-refractivity contribution in [2.24, 2.45) is 24.8 Å². The number of carbonyl (C=O) groups is 1. The van der Waals surface area contributed by atoms with Gasteiger partial charge < -0.3 is 14.6 Å².